The molecule has 0 radical (unpaired) electrons. The summed E-state index contributed by atoms with van der Waals surface area (Å²) in [7, 11) is 0. The Kier molecular flexibility index (Phi) is 68.6. The molecule has 482 valence electrons. The van der Waals surface area contributed by atoms with E-state index in [-0.39, 0.29) is 31.1 Å². The van der Waals surface area contributed by atoms with E-state index in [4.69, 9.17) is 14.2 Å². The molecule has 0 aliphatic carbocycles. The average molecular weight is 1160 g/mol. The molecule has 0 fully saturated rings. The lowest BCUT2D eigenvalue weighted by molar-refractivity contribution is -0.167. The fourth-order valence-electron chi connectivity index (χ4n) is 10.8. The second kappa shape index (κ2) is 71.3. The summed E-state index contributed by atoms with van der Waals surface area (Å²) in [6.45, 7) is 6.52. The Labute approximate surface area is 516 Å². The number of carbonyl (C=O) groups is 3. The second-order valence-electron chi connectivity index (χ2n) is 24.5. The van der Waals surface area contributed by atoms with E-state index in [0.29, 0.717) is 19.3 Å². The third-order valence-corrected chi connectivity index (χ3v) is 16.2. The average Bonchev–Trinajstić information content (AvgIpc) is 3.49. The van der Waals surface area contributed by atoms with Gasteiger partial charge in [0, 0.05) is 19.3 Å². The number of carbonyl (C=O) groups excluding carboxylic acids is 3. The van der Waals surface area contributed by atoms with Crippen LogP contribution < -0.4 is 0 Å². The van der Waals surface area contributed by atoms with E-state index in [1.54, 1.807) is 0 Å². The predicted molar refractivity (Wildman–Crippen MR) is 362 cm³/mol. The van der Waals surface area contributed by atoms with Gasteiger partial charge in [-0.25, -0.2) is 0 Å². The molecule has 0 N–H and O–H groups in total. The molecule has 6 nitrogen and oxygen atoms in total. The van der Waals surface area contributed by atoms with Crippen LogP contribution in [-0.2, 0) is 28.6 Å². The van der Waals surface area contributed by atoms with E-state index in [1.807, 2.05) is 0 Å². The third-order valence-electron chi connectivity index (χ3n) is 16.2. The Bertz CT molecular complexity index is 1520. The van der Waals surface area contributed by atoms with Gasteiger partial charge in [0.25, 0.3) is 0 Å². The van der Waals surface area contributed by atoms with Crippen molar-refractivity contribution >= 4 is 17.9 Å². The summed E-state index contributed by atoms with van der Waals surface area (Å²) in [5, 5.41) is 0. The van der Waals surface area contributed by atoms with Gasteiger partial charge >= 0.3 is 17.9 Å². The lowest BCUT2D eigenvalue weighted by atomic mass is 10.0. The van der Waals surface area contributed by atoms with Crippen molar-refractivity contribution in [1.29, 1.82) is 0 Å². The molecule has 0 amide bonds. The van der Waals surface area contributed by atoms with Crippen LogP contribution in [0, 0.1) is 0 Å². The molecule has 0 saturated heterocycles. The van der Waals surface area contributed by atoms with Crippen molar-refractivity contribution in [3.63, 3.8) is 0 Å². The van der Waals surface area contributed by atoms with Crippen LogP contribution >= 0.6 is 0 Å². The van der Waals surface area contributed by atoms with Gasteiger partial charge < -0.3 is 14.2 Å². The normalized spacial score (nSPS) is 12.5. The molecule has 0 rings (SSSR count). The van der Waals surface area contributed by atoms with Gasteiger partial charge in [0.15, 0.2) is 6.10 Å². The van der Waals surface area contributed by atoms with Crippen LogP contribution in [0.4, 0.5) is 0 Å². The molecule has 0 aromatic heterocycles. The fraction of sp³-hybridized carbons (Fsp3) is 0.805. The number of hydrogen-bond donors (Lipinski definition) is 0. The monoisotopic (exact) mass is 1160 g/mol. The van der Waals surface area contributed by atoms with E-state index in [2.05, 4.69) is 93.7 Å². The third kappa shape index (κ3) is 69.5. The Balaban J connectivity index is 4.10. The van der Waals surface area contributed by atoms with Gasteiger partial charge in [-0.05, 0) is 83.5 Å². The zero-order valence-corrected chi connectivity index (χ0v) is 55.5. The molecular formula is C77H138O6. The van der Waals surface area contributed by atoms with Crippen molar-refractivity contribution in [3.8, 4) is 0 Å². The first-order chi connectivity index (χ1) is 41.0. The number of hydrogen-bond acceptors (Lipinski definition) is 6. The number of rotatable bonds is 67. The van der Waals surface area contributed by atoms with Crippen molar-refractivity contribution in [1.82, 2.24) is 0 Å². The topological polar surface area (TPSA) is 78.9 Å². The first kappa shape index (κ1) is 79.8. The van der Waals surface area contributed by atoms with Gasteiger partial charge in [0.05, 0.1) is 0 Å². The molecule has 0 saturated carbocycles. The van der Waals surface area contributed by atoms with Crippen molar-refractivity contribution in [2.75, 3.05) is 13.2 Å². The minimum atomic E-state index is -0.775. The maximum Gasteiger partial charge on any atom is 0.306 e. The van der Waals surface area contributed by atoms with Crippen LogP contribution in [0.2, 0.25) is 0 Å². The molecular weight excluding hydrogens is 1020 g/mol. The molecule has 0 aliphatic rings. The quantitative estimate of drug-likeness (QED) is 0.0261. The van der Waals surface area contributed by atoms with Crippen molar-refractivity contribution in [2.45, 2.75) is 386 Å². The van der Waals surface area contributed by atoms with E-state index < -0.39 is 6.10 Å². The van der Waals surface area contributed by atoms with Gasteiger partial charge in [-0.3, -0.25) is 14.4 Å². The summed E-state index contributed by atoms with van der Waals surface area (Å²) in [6.07, 6.45) is 93.9. The van der Waals surface area contributed by atoms with Crippen LogP contribution in [0.25, 0.3) is 0 Å². The van der Waals surface area contributed by atoms with Crippen LogP contribution in [-0.4, -0.2) is 37.2 Å². The smallest absolute Gasteiger partial charge is 0.306 e. The van der Waals surface area contributed by atoms with E-state index >= 15 is 0 Å². The summed E-state index contributed by atoms with van der Waals surface area (Å²) in [4.78, 5) is 38.3. The Morgan fingerprint density at radius 3 is 0.795 bits per heavy atom. The Morgan fingerprint density at radius 1 is 0.253 bits per heavy atom. The van der Waals surface area contributed by atoms with Crippen molar-refractivity contribution in [3.05, 3.63) is 72.9 Å². The lowest BCUT2D eigenvalue weighted by Crippen LogP contribution is -2.30. The fourth-order valence-corrected chi connectivity index (χ4v) is 10.8. The standard InChI is InChI=1S/C77H138O6/c1-4-7-10-13-16-19-22-24-26-28-30-32-34-35-36-37-38-39-40-41-42-43-44-46-47-49-51-53-55-58-61-64-67-70-76(79)82-73-74(72-81-75(78)69-66-63-60-57-21-18-15-12-9-6-3)83-77(80)71-68-65-62-59-56-54-52-50-48-45-33-31-29-27-25-23-20-17-14-11-8-5-2/h7,10,12,15-16,19,24,26,30,32,35-36,74H,4-6,8-9,11,13-14,17-18,20-23,25,27-29,31,33-34,37-73H2,1-3H3/b10-7-,15-12-,19-16-,26-24-,32-30-,36-35-. The van der Waals surface area contributed by atoms with Crippen LogP contribution in [0.15, 0.2) is 72.9 Å². The highest BCUT2D eigenvalue weighted by atomic mass is 16.6. The number of esters is 3. The van der Waals surface area contributed by atoms with Gasteiger partial charge in [-0.15, -0.1) is 0 Å². The molecule has 1 atom stereocenters. The summed E-state index contributed by atoms with van der Waals surface area (Å²) in [5.74, 6) is -0.859. The Hall–Kier alpha value is -3.15. The maximum atomic E-state index is 12.9. The summed E-state index contributed by atoms with van der Waals surface area (Å²) in [5.41, 5.74) is 0. The first-order valence-electron chi connectivity index (χ1n) is 36.4. The van der Waals surface area contributed by atoms with Gasteiger partial charge in [0.1, 0.15) is 13.2 Å². The Morgan fingerprint density at radius 2 is 0.494 bits per heavy atom. The minimum Gasteiger partial charge on any atom is -0.462 e. The van der Waals surface area contributed by atoms with Crippen molar-refractivity contribution in [2.24, 2.45) is 0 Å². The first-order valence-corrected chi connectivity index (χ1v) is 36.4. The van der Waals surface area contributed by atoms with Crippen LogP contribution in [0.1, 0.15) is 380 Å². The molecule has 0 heterocycles. The minimum absolute atomic E-state index is 0.0720. The zero-order chi connectivity index (χ0) is 59.9. The van der Waals surface area contributed by atoms with E-state index in [1.165, 1.54) is 238 Å². The number of ether oxygens (including phenoxy) is 3. The molecule has 1 unspecified atom stereocenters. The lowest BCUT2D eigenvalue weighted by Gasteiger charge is -2.18. The van der Waals surface area contributed by atoms with E-state index in [9.17, 15) is 14.4 Å². The summed E-state index contributed by atoms with van der Waals surface area (Å²) in [6, 6.07) is 0. The SMILES string of the molecule is CC/C=C\C/C=C\C/C=C\C/C=C\C/C=C\CCCCCCCCCCCCCCCCCCCC(=O)OCC(COC(=O)CCCCCCC/C=C\CCC)OC(=O)CCCCCCCCCCCCCCCCCCCCCCCC. The van der Waals surface area contributed by atoms with Crippen LogP contribution in [0.3, 0.4) is 0 Å². The highest BCUT2D eigenvalue weighted by Gasteiger charge is 2.19. The summed E-state index contributed by atoms with van der Waals surface area (Å²) < 4.78 is 17.0. The maximum absolute atomic E-state index is 12.9. The molecule has 0 aliphatic heterocycles. The predicted octanol–water partition coefficient (Wildman–Crippen LogP) is 25.2. The van der Waals surface area contributed by atoms with Crippen molar-refractivity contribution < 1.29 is 28.6 Å². The zero-order valence-electron chi connectivity index (χ0n) is 55.5. The molecule has 83 heavy (non-hydrogen) atoms. The highest BCUT2D eigenvalue weighted by Crippen LogP contribution is 2.19. The van der Waals surface area contributed by atoms with Gasteiger partial charge in [0.2, 0.25) is 0 Å². The van der Waals surface area contributed by atoms with Gasteiger partial charge in [-0.1, -0.05) is 351 Å². The second-order valence-corrected chi connectivity index (χ2v) is 24.5. The number of unbranched alkanes of at least 4 members (excludes halogenated alkanes) is 44. The molecule has 0 aromatic carbocycles. The summed E-state index contributed by atoms with van der Waals surface area (Å²) >= 11 is 0. The van der Waals surface area contributed by atoms with E-state index in [0.717, 1.165) is 103 Å². The molecule has 6 heteroatoms. The van der Waals surface area contributed by atoms with Gasteiger partial charge in [-0.2, -0.15) is 0 Å². The molecule has 0 spiro atoms. The highest BCUT2D eigenvalue weighted by molar-refractivity contribution is 5.71. The molecule has 0 bridgehead atoms. The number of allylic oxidation sites excluding steroid dienone is 12. The van der Waals surface area contributed by atoms with Crippen LogP contribution in [0.5, 0.6) is 0 Å². The molecule has 0 aromatic rings. The largest absolute Gasteiger partial charge is 0.462 e.